The van der Waals surface area contributed by atoms with Crippen LogP contribution < -0.4 is 5.73 Å². The van der Waals surface area contributed by atoms with Gasteiger partial charge in [0.15, 0.2) is 5.69 Å². The van der Waals surface area contributed by atoms with Gasteiger partial charge in [0, 0.05) is 31.7 Å². The van der Waals surface area contributed by atoms with E-state index < -0.39 is 0 Å². The molecule has 2 N–H and O–H groups in total. The molecule has 2 aliphatic rings. The predicted molar refractivity (Wildman–Crippen MR) is 72.1 cm³/mol. The zero-order valence-corrected chi connectivity index (χ0v) is 11.6. The van der Waals surface area contributed by atoms with Crippen molar-refractivity contribution < 1.29 is 9.53 Å². The highest BCUT2D eigenvalue weighted by molar-refractivity contribution is 5.92. The molecular weight excluding hydrogens is 258 g/mol. The molecule has 2 heterocycles. The van der Waals surface area contributed by atoms with Crippen molar-refractivity contribution in [1.82, 2.24) is 19.9 Å². The smallest absolute Gasteiger partial charge is 0.276 e. The number of amides is 1. The average Bonchev–Trinajstić information content (AvgIpc) is 2.97. The van der Waals surface area contributed by atoms with E-state index in [0.717, 1.165) is 39.0 Å². The number of nitrogens with zero attached hydrogens (tertiary/aromatic N) is 4. The summed E-state index contributed by atoms with van der Waals surface area (Å²) >= 11 is 0. The SMILES string of the molecule is NCCn1cc(C(=O)N(CC2CCOC2)C2CC2)nn1. The van der Waals surface area contributed by atoms with Crippen LogP contribution in [-0.2, 0) is 11.3 Å². The second kappa shape index (κ2) is 5.88. The van der Waals surface area contributed by atoms with Gasteiger partial charge in [-0.3, -0.25) is 9.48 Å². The summed E-state index contributed by atoms with van der Waals surface area (Å²) in [6.07, 6.45) is 4.92. The third-order valence-electron chi connectivity index (χ3n) is 3.84. The maximum Gasteiger partial charge on any atom is 0.276 e. The van der Waals surface area contributed by atoms with Gasteiger partial charge in [0.1, 0.15) is 0 Å². The monoisotopic (exact) mass is 279 g/mol. The summed E-state index contributed by atoms with van der Waals surface area (Å²) in [4.78, 5) is 14.5. The van der Waals surface area contributed by atoms with Crippen LogP contribution in [0.4, 0.5) is 0 Å². The molecule has 0 spiro atoms. The third kappa shape index (κ3) is 2.99. The van der Waals surface area contributed by atoms with Crippen molar-refractivity contribution in [2.24, 2.45) is 11.7 Å². The molecule has 1 aliphatic carbocycles. The fraction of sp³-hybridized carbons (Fsp3) is 0.769. The van der Waals surface area contributed by atoms with Crippen LogP contribution in [-0.4, -0.2) is 58.1 Å². The molecule has 1 saturated carbocycles. The number of carbonyl (C=O) groups is 1. The Morgan fingerprint density at radius 1 is 1.50 bits per heavy atom. The zero-order chi connectivity index (χ0) is 13.9. The minimum atomic E-state index is -0.0114. The van der Waals surface area contributed by atoms with E-state index >= 15 is 0 Å². The molecule has 7 nitrogen and oxygen atoms in total. The average molecular weight is 279 g/mol. The normalized spacial score (nSPS) is 22.1. The Kier molecular flexibility index (Phi) is 3.98. The maximum atomic E-state index is 12.6. The summed E-state index contributed by atoms with van der Waals surface area (Å²) in [6, 6.07) is 0.378. The molecule has 110 valence electrons. The molecule has 1 saturated heterocycles. The molecule has 0 aromatic carbocycles. The van der Waals surface area contributed by atoms with Crippen molar-refractivity contribution in [2.45, 2.75) is 31.8 Å². The van der Waals surface area contributed by atoms with Crippen molar-refractivity contribution >= 4 is 5.91 Å². The van der Waals surface area contributed by atoms with Gasteiger partial charge in [-0.05, 0) is 19.3 Å². The maximum absolute atomic E-state index is 12.6. The highest BCUT2D eigenvalue weighted by Gasteiger charge is 2.36. The number of nitrogens with two attached hydrogens (primary N) is 1. The first-order valence-electron chi connectivity index (χ1n) is 7.27. The van der Waals surface area contributed by atoms with Gasteiger partial charge in [0.25, 0.3) is 5.91 Å². The summed E-state index contributed by atoms with van der Waals surface area (Å²) in [6.45, 7) is 3.41. The summed E-state index contributed by atoms with van der Waals surface area (Å²) in [5, 5.41) is 7.91. The van der Waals surface area contributed by atoms with Crippen molar-refractivity contribution in [1.29, 1.82) is 0 Å². The molecule has 3 rings (SSSR count). The van der Waals surface area contributed by atoms with E-state index in [1.807, 2.05) is 4.90 Å². The fourth-order valence-electron chi connectivity index (χ4n) is 2.57. The molecule has 0 bridgehead atoms. The second-order valence-corrected chi connectivity index (χ2v) is 5.57. The number of hydrogen-bond donors (Lipinski definition) is 1. The lowest BCUT2D eigenvalue weighted by atomic mass is 10.1. The predicted octanol–water partition coefficient (Wildman–Crippen LogP) is -0.122. The van der Waals surface area contributed by atoms with E-state index in [2.05, 4.69) is 10.3 Å². The van der Waals surface area contributed by atoms with Gasteiger partial charge < -0.3 is 15.4 Å². The lowest BCUT2D eigenvalue weighted by Crippen LogP contribution is -2.37. The Bertz CT molecular complexity index is 465. The summed E-state index contributed by atoms with van der Waals surface area (Å²) < 4.78 is 7.02. The standard InChI is InChI=1S/C13H21N5O2/c14-4-5-17-8-12(15-16-17)13(19)18(11-1-2-11)7-10-3-6-20-9-10/h8,10-11H,1-7,9,14H2. The topological polar surface area (TPSA) is 86.3 Å². The summed E-state index contributed by atoms with van der Waals surface area (Å²) in [7, 11) is 0. The van der Waals surface area contributed by atoms with Crippen molar-refractivity contribution in [3.8, 4) is 0 Å². The largest absolute Gasteiger partial charge is 0.381 e. The molecule has 1 aromatic heterocycles. The molecule has 1 unspecified atom stereocenters. The number of aromatic nitrogens is 3. The Balaban J connectivity index is 1.67. The second-order valence-electron chi connectivity index (χ2n) is 5.57. The van der Waals surface area contributed by atoms with E-state index in [0.29, 0.717) is 30.7 Å². The van der Waals surface area contributed by atoms with Crippen LogP contribution in [0.25, 0.3) is 0 Å². The van der Waals surface area contributed by atoms with E-state index in [-0.39, 0.29) is 5.91 Å². The Hall–Kier alpha value is -1.47. The summed E-state index contributed by atoms with van der Waals surface area (Å²) in [5.41, 5.74) is 5.90. The first kappa shape index (κ1) is 13.5. The van der Waals surface area contributed by atoms with Crippen LogP contribution >= 0.6 is 0 Å². The van der Waals surface area contributed by atoms with Gasteiger partial charge >= 0.3 is 0 Å². The Labute approximate surface area is 118 Å². The lowest BCUT2D eigenvalue weighted by molar-refractivity contribution is 0.0700. The lowest BCUT2D eigenvalue weighted by Gasteiger charge is -2.24. The molecule has 2 fully saturated rings. The van der Waals surface area contributed by atoms with Gasteiger partial charge in [-0.2, -0.15) is 0 Å². The molecule has 20 heavy (non-hydrogen) atoms. The van der Waals surface area contributed by atoms with Gasteiger partial charge in [0.2, 0.25) is 0 Å². The minimum absolute atomic E-state index is 0.0114. The first-order valence-corrected chi connectivity index (χ1v) is 7.27. The van der Waals surface area contributed by atoms with Crippen molar-refractivity contribution in [2.75, 3.05) is 26.3 Å². The first-order chi connectivity index (χ1) is 9.78. The van der Waals surface area contributed by atoms with E-state index in [4.69, 9.17) is 10.5 Å². The van der Waals surface area contributed by atoms with Crippen LogP contribution in [0.2, 0.25) is 0 Å². The van der Waals surface area contributed by atoms with Crippen LogP contribution in [0.15, 0.2) is 6.20 Å². The number of ether oxygens (including phenoxy) is 1. The summed E-state index contributed by atoms with van der Waals surface area (Å²) in [5.74, 6) is 0.446. The highest BCUT2D eigenvalue weighted by Crippen LogP contribution is 2.30. The molecular formula is C13H21N5O2. The van der Waals surface area contributed by atoms with Gasteiger partial charge in [-0.1, -0.05) is 5.21 Å². The molecule has 7 heteroatoms. The van der Waals surface area contributed by atoms with E-state index in [1.165, 1.54) is 0 Å². The minimum Gasteiger partial charge on any atom is -0.381 e. The van der Waals surface area contributed by atoms with E-state index in [9.17, 15) is 4.79 Å². The molecule has 1 atom stereocenters. The van der Waals surface area contributed by atoms with Crippen molar-refractivity contribution in [3.63, 3.8) is 0 Å². The molecule has 1 amide bonds. The van der Waals surface area contributed by atoms with Crippen molar-refractivity contribution in [3.05, 3.63) is 11.9 Å². The number of hydrogen-bond acceptors (Lipinski definition) is 5. The number of rotatable bonds is 6. The third-order valence-corrected chi connectivity index (χ3v) is 3.84. The Morgan fingerprint density at radius 3 is 3.00 bits per heavy atom. The quantitative estimate of drug-likeness (QED) is 0.784. The fourth-order valence-corrected chi connectivity index (χ4v) is 2.57. The highest BCUT2D eigenvalue weighted by atomic mass is 16.5. The van der Waals surface area contributed by atoms with Crippen LogP contribution in [0.5, 0.6) is 0 Å². The van der Waals surface area contributed by atoms with E-state index in [1.54, 1.807) is 10.9 Å². The van der Waals surface area contributed by atoms with Gasteiger partial charge in [0.05, 0.1) is 19.3 Å². The van der Waals surface area contributed by atoms with Crippen LogP contribution in [0.3, 0.4) is 0 Å². The molecule has 1 aliphatic heterocycles. The van der Waals surface area contributed by atoms with Crippen LogP contribution in [0, 0.1) is 5.92 Å². The number of carbonyl (C=O) groups excluding carboxylic acids is 1. The van der Waals surface area contributed by atoms with Crippen LogP contribution in [0.1, 0.15) is 29.8 Å². The molecule has 1 aromatic rings. The molecule has 0 radical (unpaired) electrons. The van der Waals surface area contributed by atoms with Gasteiger partial charge in [-0.25, -0.2) is 0 Å². The zero-order valence-electron chi connectivity index (χ0n) is 11.6. The van der Waals surface area contributed by atoms with Gasteiger partial charge in [-0.15, -0.1) is 5.10 Å². The Morgan fingerprint density at radius 2 is 2.35 bits per heavy atom.